The molecule has 0 spiro atoms. The van der Waals surface area contributed by atoms with Crippen LogP contribution in [0.4, 0.5) is 0 Å². The summed E-state index contributed by atoms with van der Waals surface area (Å²) in [6.45, 7) is 0.965. The van der Waals surface area contributed by atoms with Gasteiger partial charge in [-0.2, -0.15) is 0 Å². The molecular weight excluding hydrogens is 364 g/mol. The second-order valence-electron chi connectivity index (χ2n) is 8.35. The number of aliphatic carboxylic acids is 1. The van der Waals surface area contributed by atoms with Crippen LogP contribution in [-0.2, 0) is 9.59 Å². The van der Waals surface area contributed by atoms with E-state index in [0.29, 0.717) is 5.92 Å². The lowest BCUT2D eigenvalue weighted by atomic mass is 9.83. The Hall–Kier alpha value is -2.66. The molecule has 1 amide bonds. The maximum atomic E-state index is 13.2. The Morgan fingerprint density at radius 1 is 0.966 bits per heavy atom. The normalized spacial score (nSPS) is 21.0. The first-order valence-corrected chi connectivity index (χ1v) is 10.5. The summed E-state index contributed by atoms with van der Waals surface area (Å²) >= 11 is 0. The number of hydrogen-bond donors (Lipinski definition) is 2. The van der Waals surface area contributed by atoms with Gasteiger partial charge in [0.25, 0.3) is 0 Å². The zero-order valence-electron chi connectivity index (χ0n) is 16.5. The standard InChI is InChI=1S/C24H28N2O3/c27-22(28)16-26(15-17-11-12-17)21-13-20(14-21)25-24(29)23(18-7-3-1-4-8-18)19-9-5-2-6-10-19/h1-10,17,20-21,23H,11-16H2,(H,25,29)(H,27,28). The molecule has 0 saturated heterocycles. The number of carboxylic acids is 1. The molecule has 0 aromatic heterocycles. The zero-order chi connectivity index (χ0) is 20.2. The number of benzene rings is 2. The highest BCUT2D eigenvalue weighted by atomic mass is 16.4. The van der Waals surface area contributed by atoms with E-state index in [4.69, 9.17) is 0 Å². The number of carbonyl (C=O) groups excluding carboxylic acids is 1. The zero-order valence-corrected chi connectivity index (χ0v) is 16.5. The van der Waals surface area contributed by atoms with Crippen molar-refractivity contribution in [3.63, 3.8) is 0 Å². The lowest BCUT2D eigenvalue weighted by Crippen LogP contribution is -2.55. The van der Waals surface area contributed by atoms with Crippen molar-refractivity contribution < 1.29 is 14.7 Å². The van der Waals surface area contributed by atoms with E-state index in [0.717, 1.165) is 30.5 Å². The first-order valence-electron chi connectivity index (χ1n) is 10.5. The van der Waals surface area contributed by atoms with E-state index < -0.39 is 5.97 Å². The molecule has 2 N–H and O–H groups in total. The van der Waals surface area contributed by atoms with Gasteiger partial charge in [0.1, 0.15) is 0 Å². The molecule has 2 aromatic rings. The van der Waals surface area contributed by atoms with Gasteiger partial charge in [0, 0.05) is 18.6 Å². The highest BCUT2D eigenvalue weighted by Gasteiger charge is 2.38. The van der Waals surface area contributed by atoms with Crippen molar-refractivity contribution in [2.75, 3.05) is 13.1 Å². The molecule has 5 heteroatoms. The fourth-order valence-electron chi connectivity index (χ4n) is 4.22. The molecule has 2 aliphatic rings. The van der Waals surface area contributed by atoms with Crippen LogP contribution in [0.25, 0.3) is 0 Å². The topological polar surface area (TPSA) is 69.6 Å². The van der Waals surface area contributed by atoms with Gasteiger partial charge in [0.05, 0.1) is 12.5 Å². The van der Waals surface area contributed by atoms with Crippen molar-refractivity contribution in [2.45, 2.75) is 43.7 Å². The van der Waals surface area contributed by atoms with E-state index >= 15 is 0 Å². The van der Waals surface area contributed by atoms with E-state index in [1.165, 1.54) is 12.8 Å². The Bertz CT molecular complexity index is 790. The minimum Gasteiger partial charge on any atom is -0.480 e. The molecule has 0 atom stereocenters. The van der Waals surface area contributed by atoms with Gasteiger partial charge in [-0.05, 0) is 42.7 Å². The van der Waals surface area contributed by atoms with Crippen molar-refractivity contribution in [3.8, 4) is 0 Å². The molecule has 152 valence electrons. The molecule has 0 radical (unpaired) electrons. The number of carboxylic acid groups (broad SMARTS) is 1. The number of nitrogens with zero attached hydrogens (tertiary/aromatic N) is 1. The third-order valence-electron chi connectivity index (χ3n) is 6.03. The summed E-state index contributed by atoms with van der Waals surface area (Å²) in [6, 6.07) is 20.1. The average Bonchev–Trinajstić information content (AvgIpc) is 3.49. The quantitative estimate of drug-likeness (QED) is 0.687. The van der Waals surface area contributed by atoms with Crippen molar-refractivity contribution in [1.82, 2.24) is 10.2 Å². The highest BCUT2D eigenvalue weighted by Crippen LogP contribution is 2.34. The van der Waals surface area contributed by atoms with Gasteiger partial charge in [-0.3, -0.25) is 14.5 Å². The number of carbonyl (C=O) groups is 2. The predicted molar refractivity (Wildman–Crippen MR) is 112 cm³/mol. The van der Waals surface area contributed by atoms with E-state index in [-0.39, 0.29) is 30.5 Å². The monoisotopic (exact) mass is 392 g/mol. The second-order valence-corrected chi connectivity index (χ2v) is 8.35. The average molecular weight is 392 g/mol. The van der Waals surface area contributed by atoms with Crippen LogP contribution in [0.3, 0.4) is 0 Å². The largest absolute Gasteiger partial charge is 0.480 e. The van der Waals surface area contributed by atoms with E-state index in [1.807, 2.05) is 60.7 Å². The fourth-order valence-corrected chi connectivity index (χ4v) is 4.22. The SMILES string of the molecule is O=C(O)CN(CC1CC1)C1CC(NC(=O)C(c2ccccc2)c2ccccc2)C1. The van der Waals surface area contributed by atoms with E-state index in [1.54, 1.807) is 0 Å². The van der Waals surface area contributed by atoms with Crippen LogP contribution in [-0.4, -0.2) is 47.1 Å². The molecule has 0 bridgehead atoms. The summed E-state index contributed by atoms with van der Waals surface area (Å²) in [7, 11) is 0. The van der Waals surface area contributed by atoms with Gasteiger partial charge in [0.15, 0.2) is 0 Å². The maximum absolute atomic E-state index is 13.2. The van der Waals surface area contributed by atoms with Crippen LogP contribution < -0.4 is 5.32 Å². The fraction of sp³-hybridized carbons (Fsp3) is 0.417. The van der Waals surface area contributed by atoms with Crippen molar-refractivity contribution in [2.24, 2.45) is 5.92 Å². The first-order chi connectivity index (χ1) is 14.1. The molecule has 0 heterocycles. The van der Waals surface area contributed by atoms with Gasteiger partial charge >= 0.3 is 5.97 Å². The maximum Gasteiger partial charge on any atom is 0.317 e. The van der Waals surface area contributed by atoms with Gasteiger partial charge in [-0.1, -0.05) is 60.7 Å². The first kappa shape index (κ1) is 19.6. The van der Waals surface area contributed by atoms with Crippen molar-refractivity contribution >= 4 is 11.9 Å². The van der Waals surface area contributed by atoms with Crippen molar-refractivity contribution in [1.29, 1.82) is 0 Å². The summed E-state index contributed by atoms with van der Waals surface area (Å²) in [5.74, 6) is -0.439. The molecular formula is C24H28N2O3. The summed E-state index contributed by atoms with van der Waals surface area (Å²) < 4.78 is 0. The molecule has 4 rings (SSSR count). The van der Waals surface area contributed by atoms with E-state index in [9.17, 15) is 14.7 Å². The third-order valence-corrected chi connectivity index (χ3v) is 6.03. The van der Waals surface area contributed by atoms with Gasteiger partial charge in [-0.15, -0.1) is 0 Å². The van der Waals surface area contributed by atoms with Crippen LogP contribution in [0.5, 0.6) is 0 Å². The predicted octanol–water partition coefficient (Wildman–Crippen LogP) is 3.26. The second kappa shape index (κ2) is 8.78. The van der Waals surface area contributed by atoms with Crippen molar-refractivity contribution in [3.05, 3.63) is 71.8 Å². The molecule has 2 fully saturated rings. The molecule has 5 nitrogen and oxygen atoms in total. The Kier molecular flexibility index (Phi) is 5.95. The van der Waals surface area contributed by atoms with Crippen LogP contribution in [0.1, 0.15) is 42.7 Å². The van der Waals surface area contributed by atoms with E-state index in [2.05, 4.69) is 10.2 Å². The summed E-state index contributed by atoms with van der Waals surface area (Å²) in [4.78, 5) is 26.5. The molecule has 2 saturated carbocycles. The minimum absolute atomic E-state index is 0.0119. The summed E-state index contributed by atoms with van der Waals surface area (Å²) in [5, 5.41) is 12.4. The number of amides is 1. The number of nitrogens with one attached hydrogen (secondary N) is 1. The molecule has 2 aliphatic carbocycles. The molecule has 29 heavy (non-hydrogen) atoms. The Morgan fingerprint density at radius 3 is 2.00 bits per heavy atom. The lowest BCUT2D eigenvalue weighted by Gasteiger charge is -2.43. The van der Waals surface area contributed by atoms with Gasteiger partial charge in [-0.25, -0.2) is 0 Å². The molecule has 2 aromatic carbocycles. The smallest absolute Gasteiger partial charge is 0.317 e. The highest BCUT2D eigenvalue weighted by molar-refractivity contribution is 5.87. The Labute approximate surface area is 171 Å². The molecule has 0 unspecified atom stereocenters. The Morgan fingerprint density at radius 2 is 1.52 bits per heavy atom. The number of hydrogen-bond acceptors (Lipinski definition) is 3. The van der Waals surface area contributed by atoms with Crippen LogP contribution in [0.2, 0.25) is 0 Å². The van der Waals surface area contributed by atoms with Crippen LogP contribution >= 0.6 is 0 Å². The summed E-state index contributed by atoms with van der Waals surface area (Å²) in [6.07, 6.45) is 4.06. The van der Waals surface area contributed by atoms with Gasteiger partial charge in [0.2, 0.25) is 5.91 Å². The Balaban J connectivity index is 1.39. The summed E-state index contributed by atoms with van der Waals surface area (Å²) in [5.41, 5.74) is 1.96. The lowest BCUT2D eigenvalue weighted by molar-refractivity contribution is -0.140. The van der Waals surface area contributed by atoms with Gasteiger partial charge < -0.3 is 10.4 Å². The third kappa shape index (κ3) is 5.04. The van der Waals surface area contributed by atoms with Crippen LogP contribution in [0, 0.1) is 5.92 Å². The molecule has 0 aliphatic heterocycles. The van der Waals surface area contributed by atoms with Crippen LogP contribution in [0.15, 0.2) is 60.7 Å². The number of rotatable bonds is 9. The minimum atomic E-state index is -0.772.